The van der Waals surface area contributed by atoms with Crippen LogP contribution in [0.25, 0.3) is 0 Å². The standard InChI is InChI=1S/C26H33FN4O3/c1-25(2,28-23(32)20-8-10-21(27)11-9-20)24(33)31-13-12-26(34,19-31)18-29-14-16-30(17-15-29)22-6-4-3-5-7-22/h3-11,34H,12-19H2,1-2H3,(H,28,32). The van der Waals surface area contributed by atoms with Gasteiger partial charge in [-0.05, 0) is 56.7 Å². The van der Waals surface area contributed by atoms with Crippen LogP contribution < -0.4 is 10.2 Å². The second-order valence-corrected chi connectivity index (χ2v) is 9.89. The van der Waals surface area contributed by atoms with Gasteiger partial charge in [0.05, 0.1) is 12.1 Å². The van der Waals surface area contributed by atoms with Crippen LogP contribution in [-0.4, -0.2) is 83.7 Å². The molecule has 2 fully saturated rings. The van der Waals surface area contributed by atoms with Crippen LogP contribution in [0.15, 0.2) is 54.6 Å². The second-order valence-electron chi connectivity index (χ2n) is 9.89. The zero-order valence-corrected chi connectivity index (χ0v) is 19.8. The summed E-state index contributed by atoms with van der Waals surface area (Å²) in [7, 11) is 0. The van der Waals surface area contributed by atoms with Gasteiger partial charge in [0.2, 0.25) is 5.91 Å². The number of amides is 2. The van der Waals surface area contributed by atoms with Gasteiger partial charge in [0.1, 0.15) is 11.4 Å². The quantitative estimate of drug-likeness (QED) is 0.679. The molecule has 2 saturated heterocycles. The molecule has 2 aromatic rings. The fourth-order valence-corrected chi connectivity index (χ4v) is 4.78. The Labute approximate surface area is 200 Å². The Morgan fingerprint density at radius 2 is 1.65 bits per heavy atom. The third-order valence-corrected chi connectivity index (χ3v) is 6.70. The molecule has 0 aromatic heterocycles. The van der Waals surface area contributed by atoms with E-state index in [4.69, 9.17) is 0 Å². The smallest absolute Gasteiger partial charge is 0.252 e. The van der Waals surface area contributed by atoms with Crippen molar-refractivity contribution in [3.05, 3.63) is 66.0 Å². The highest BCUT2D eigenvalue weighted by Gasteiger charge is 2.44. The molecule has 0 radical (unpaired) electrons. The Morgan fingerprint density at radius 3 is 2.29 bits per heavy atom. The van der Waals surface area contributed by atoms with Gasteiger partial charge in [-0.3, -0.25) is 14.5 Å². The van der Waals surface area contributed by atoms with Crippen LogP contribution in [0.4, 0.5) is 10.1 Å². The molecule has 34 heavy (non-hydrogen) atoms. The number of β-amino-alcohol motifs (C(OH)–C–C–N with tert-alkyl or cyclic N) is 1. The minimum absolute atomic E-state index is 0.237. The lowest BCUT2D eigenvalue weighted by molar-refractivity contribution is -0.136. The monoisotopic (exact) mass is 468 g/mol. The SMILES string of the molecule is CC(C)(NC(=O)c1ccc(F)cc1)C(=O)N1CCC(O)(CN2CCN(c3ccccc3)CC2)C1. The molecule has 2 aliphatic heterocycles. The first-order valence-corrected chi connectivity index (χ1v) is 11.8. The largest absolute Gasteiger partial charge is 0.387 e. The van der Waals surface area contributed by atoms with Crippen molar-refractivity contribution in [2.75, 3.05) is 50.7 Å². The molecule has 0 bridgehead atoms. The van der Waals surface area contributed by atoms with E-state index in [0.29, 0.717) is 19.5 Å². The van der Waals surface area contributed by atoms with Gasteiger partial charge in [0.25, 0.3) is 5.91 Å². The zero-order chi connectivity index (χ0) is 24.3. The molecular weight excluding hydrogens is 435 g/mol. The lowest BCUT2D eigenvalue weighted by atomic mass is 10.0. The number of benzene rings is 2. The Balaban J connectivity index is 1.30. The zero-order valence-electron chi connectivity index (χ0n) is 19.8. The Hall–Kier alpha value is -2.97. The number of carbonyl (C=O) groups excluding carboxylic acids is 2. The molecule has 0 spiro atoms. The number of halogens is 1. The van der Waals surface area contributed by atoms with Gasteiger partial charge in [0.15, 0.2) is 0 Å². The van der Waals surface area contributed by atoms with Crippen molar-refractivity contribution in [1.29, 1.82) is 0 Å². The number of nitrogens with one attached hydrogen (secondary N) is 1. The van der Waals surface area contributed by atoms with E-state index in [2.05, 4.69) is 27.2 Å². The number of carbonyl (C=O) groups is 2. The van der Waals surface area contributed by atoms with E-state index in [-0.39, 0.29) is 18.0 Å². The maximum absolute atomic E-state index is 13.2. The lowest BCUT2D eigenvalue weighted by Gasteiger charge is -2.39. The van der Waals surface area contributed by atoms with Gasteiger partial charge in [0, 0.05) is 50.5 Å². The maximum Gasteiger partial charge on any atom is 0.252 e. The summed E-state index contributed by atoms with van der Waals surface area (Å²) >= 11 is 0. The fraction of sp³-hybridized carbons (Fsp3) is 0.462. The van der Waals surface area contributed by atoms with E-state index < -0.39 is 22.9 Å². The number of hydrogen-bond acceptors (Lipinski definition) is 5. The number of para-hydroxylation sites is 1. The number of anilines is 1. The van der Waals surface area contributed by atoms with Crippen LogP contribution in [0, 0.1) is 5.82 Å². The third-order valence-electron chi connectivity index (χ3n) is 6.70. The van der Waals surface area contributed by atoms with E-state index in [9.17, 15) is 19.1 Å². The summed E-state index contributed by atoms with van der Waals surface area (Å²) in [4.78, 5) is 32.0. The van der Waals surface area contributed by atoms with Gasteiger partial charge in [-0.25, -0.2) is 4.39 Å². The first-order valence-electron chi connectivity index (χ1n) is 11.8. The van der Waals surface area contributed by atoms with Crippen molar-refractivity contribution >= 4 is 17.5 Å². The number of hydrogen-bond donors (Lipinski definition) is 2. The summed E-state index contributed by atoms with van der Waals surface area (Å²) in [6.07, 6.45) is 0.500. The summed E-state index contributed by atoms with van der Waals surface area (Å²) in [6, 6.07) is 15.5. The average molecular weight is 469 g/mol. The number of nitrogens with zero attached hydrogens (tertiary/aromatic N) is 3. The summed E-state index contributed by atoms with van der Waals surface area (Å²) in [5.74, 6) is -1.11. The summed E-state index contributed by atoms with van der Waals surface area (Å²) in [5, 5.41) is 14.0. The van der Waals surface area contributed by atoms with Crippen LogP contribution >= 0.6 is 0 Å². The highest BCUT2D eigenvalue weighted by atomic mass is 19.1. The Kier molecular flexibility index (Phi) is 6.91. The van der Waals surface area contributed by atoms with Gasteiger partial charge in [-0.2, -0.15) is 0 Å². The predicted molar refractivity (Wildman–Crippen MR) is 129 cm³/mol. The maximum atomic E-state index is 13.2. The van der Waals surface area contributed by atoms with Crippen molar-refractivity contribution < 1.29 is 19.1 Å². The molecule has 182 valence electrons. The molecule has 2 N–H and O–H groups in total. The van der Waals surface area contributed by atoms with Crippen LogP contribution in [0.1, 0.15) is 30.6 Å². The summed E-state index contributed by atoms with van der Waals surface area (Å²) < 4.78 is 13.1. The minimum Gasteiger partial charge on any atom is -0.387 e. The topological polar surface area (TPSA) is 76.1 Å². The molecule has 2 amide bonds. The fourth-order valence-electron chi connectivity index (χ4n) is 4.78. The van der Waals surface area contributed by atoms with Crippen molar-refractivity contribution in [1.82, 2.24) is 15.1 Å². The molecule has 8 heteroatoms. The van der Waals surface area contributed by atoms with E-state index in [0.717, 1.165) is 26.2 Å². The molecule has 0 aliphatic carbocycles. The average Bonchev–Trinajstić information content (AvgIpc) is 3.21. The predicted octanol–water partition coefficient (Wildman–Crippen LogP) is 2.12. The molecular formula is C26H33FN4O3. The van der Waals surface area contributed by atoms with E-state index in [1.807, 2.05) is 18.2 Å². The van der Waals surface area contributed by atoms with Crippen LogP contribution in [0.2, 0.25) is 0 Å². The van der Waals surface area contributed by atoms with Crippen LogP contribution in [0.3, 0.4) is 0 Å². The van der Waals surface area contributed by atoms with Gasteiger partial charge < -0.3 is 20.2 Å². The van der Waals surface area contributed by atoms with Gasteiger partial charge in [-0.1, -0.05) is 18.2 Å². The molecule has 7 nitrogen and oxygen atoms in total. The van der Waals surface area contributed by atoms with Crippen molar-refractivity contribution in [2.45, 2.75) is 31.4 Å². The first kappa shape index (κ1) is 24.2. The van der Waals surface area contributed by atoms with E-state index in [1.165, 1.54) is 30.0 Å². The molecule has 1 unspecified atom stereocenters. The van der Waals surface area contributed by atoms with Crippen molar-refractivity contribution in [2.24, 2.45) is 0 Å². The summed E-state index contributed by atoms with van der Waals surface area (Å²) in [6.45, 7) is 7.98. The van der Waals surface area contributed by atoms with Gasteiger partial charge in [-0.15, -0.1) is 0 Å². The molecule has 2 aromatic carbocycles. The normalized spacial score (nSPS) is 21.5. The number of rotatable bonds is 6. The highest BCUT2D eigenvalue weighted by molar-refractivity contribution is 5.99. The minimum atomic E-state index is -1.15. The molecule has 2 aliphatic rings. The Bertz CT molecular complexity index is 1010. The molecule has 1 atom stereocenters. The second kappa shape index (κ2) is 9.72. The number of piperazine rings is 1. The van der Waals surface area contributed by atoms with E-state index >= 15 is 0 Å². The lowest BCUT2D eigenvalue weighted by Crippen LogP contribution is -2.57. The van der Waals surface area contributed by atoms with Crippen LogP contribution in [-0.2, 0) is 4.79 Å². The first-order chi connectivity index (χ1) is 16.2. The van der Waals surface area contributed by atoms with Crippen molar-refractivity contribution in [3.63, 3.8) is 0 Å². The van der Waals surface area contributed by atoms with Gasteiger partial charge >= 0.3 is 0 Å². The molecule has 4 rings (SSSR count). The third kappa shape index (κ3) is 5.56. The molecule has 2 heterocycles. The van der Waals surface area contributed by atoms with Crippen molar-refractivity contribution in [3.8, 4) is 0 Å². The number of aliphatic hydroxyl groups is 1. The van der Waals surface area contributed by atoms with E-state index in [1.54, 1.807) is 18.7 Å². The van der Waals surface area contributed by atoms with Crippen LogP contribution in [0.5, 0.6) is 0 Å². The molecule has 0 saturated carbocycles. The number of likely N-dealkylation sites (tertiary alicyclic amines) is 1. The summed E-state index contributed by atoms with van der Waals surface area (Å²) in [5.41, 5.74) is -0.627. The Morgan fingerprint density at radius 1 is 1.00 bits per heavy atom. The highest BCUT2D eigenvalue weighted by Crippen LogP contribution is 2.26.